The maximum Gasteiger partial charge on any atom is 0.270 e. The second kappa shape index (κ2) is 8.85. The van der Waals surface area contributed by atoms with Gasteiger partial charge in [0.25, 0.3) is 4.84 Å². The van der Waals surface area contributed by atoms with Crippen molar-refractivity contribution in [2.45, 2.75) is 56.6 Å². The van der Waals surface area contributed by atoms with Gasteiger partial charge in [0.2, 0.25) is 10.0 Å². The standard InChI is InChI=1S/C20H29N3O4S2/c1-2-21(16-6-4-3-5-7-16)15-23-18-14-17(8-9-19(18)27-20(23)28)29(24,25)22-10-12-26-13-11-22/h8-9,14,16H,2-7,10-13,15H2,1H3. The highest BCUT2D eigenvalue weighted by Gasteiger charge is 2.27. The summed E-state index contributed by atoms with van der Waals surface area (Å²) in [6.45, 7) is 5.31. The van der Waals surface area contributed by atoms with Crippen molar-refractivity contribution in [3.63, 3.8) is 0 Å². The molecule has 0 bridgehead atoms. The smallest absolute Gasteiger partial charge is 0.270 e. The molecule has 7 nitrogen and oxygen atoms in total. The third-order valence-corrected chi connectivity index (χ3v) is 8.27. The molecule has 9 heteroatoms. The second-order valence-corrected chi connectivity index (χ2v) is 10.1. The van der Waals surface area contributed by atoms with Crippen LogP contribution in [0.5, 0.6) is 0 Å². The van der Waals surface area contributed by atoms with E-state index in [1.807, 2.05) is 4.57 Å². The third kappa shape index (κ3) is 4.29. The Balaban J connectivity index is 1.66. The molecular weight excluding hydrogens is 410 g/mol. The topological polar surface area (TPSA) is 67.9 Å². The SMILES string of the molecule is CCN(Cn1c(=S)oc2ccc(S(=O)(=O)N3CCOCC3)cc21)C1CCCCC1. The van der Waals surface area contributed by atoms with Gasteiger partial charge in [-0.2, -0.15) is 4.31 Å². The molecule has 0 N–H and O–H groups in total. The van der Waals surface area contributed by atoms with E-state index in [1.165, 1.54) is 36.4 Å². The lowest BCUT2D eigenvalue weighted by molar-refractivity contribution is 0.0730. The fourth-order valence-corrected chi connectivity index (χ4v) is 6.05. The summed E-state index contributed by atoms with van der Waals surface area (Å²) in [5.74, 6) is 0. The number of morpholine rings is 1. The van der Waals surface area contributed by atoms with Crippen LogP contribution in [0.25, 0.3) is 11.1 Å². The van der Waals surface area contributed by atoms with Gasteiger partial charge in [-0.3, -0.25) is 9.47 Å². The first-order valence-corrected chi connectivity index (χ1v) is 12.3. The van der Waals surface area contributed by atoms with Crippen LogP contribution in [0.15, 0.2) is 27.5 Å². The average Bonchev–Trinajstić information content (AvgIpc) is 3.07. The summed E-state index contributed by atoms with van der Waals surface area (Å²) in [5.41, 5.74) is 1.36. The highest BCUT2D eigenvalue weighted by Crippen LogP contribution is 2.27. The molecule has 2 fully saturated rings. The number of oxazole rings is 1. The Hall–Kier alpha value is -1.26. The molecule has 1 aromatic heterocycles. The van der Waals surface area contributed by atoms with Crippen molar-refractivity contribution in [1.29, 1.82) is 0 Å². The Morgan fingerprint density at radius 3 is 2.59 bits per heavy atom. The molecule has 1 aromatic carbocycles. The van der Waals surface area contributed by atoms with Crippen LogP contribution < -0.4 is 0 Å². The van der Waals surface area contributed by atoms with Crippen molar-refractivity contribution >= 4 is 33.3 Å². The molecule has 1 aliphatic carbocycles. The van der Waals surface area contributed by atoms with Gasteiger partial charge in [-0.05, 0) is 49.8 Å². The maximum absolute atomic E-state index is 13.1. The van der Waals surface area contributed by atoms with Crippen LogP contribution in [-0.2, 0) is 21.4 Å². The minimum atomic E-state index is -3.56. The Morgan fingerprint density at radius 1 is 1.17 bits per heavy atom. The van der Waals surface area contributed by atoms with Crippen molar-refractivity contribution in [3.05, 3.63) is 23.0 Å². The van der Waals surface area contributed by atoms with Gasteiger partial charge in [0.15, 0.2) is 5.58 Å². The number of fused-ring (bicyclic) bond motifs is 1. The van der Waals surface area contributed by atoms with Crippen LogP contribution in [-0.4, -0.2) is 61.1 Å². The first-order chi connectivity index (χ1) is 14.0. The molecule has 2 heterocycles. The number of hydrogen-bond acceptors (Lipinski definition) is 6. The lowest BCUT2D eigenvalue weighted by Crippen LogP contribution is -2.40. The van der Waals surface area contributed by atoms with E-state index < -0.39 is 10.0 Å². The molecule has 4 rings (SSSR count). The summed E-state index contributed by atoms with van der Waals surface area (Å²) in [5, 5.41) is 0. The number of rotatable bonds is 6. The third-order valence-electron chi connectivity index (χ3n) is 6.07. The molecule has 1 saturated carbocycles. The minimum Gasteiger partial charge on any atom is -0.429 e. The number of ether oxygens (including phenoxy) is 1. The fourth-order valence-electron chi connectivity index (χ4n) is 4.37. The number of nitrogens with zero attached hydrogens (tertiary/aromatic N) is 3. The first-order valence-electron chi connectivity index (χ1n) is 10.5. The van der Waals surface area contributed by atoms with E-state index in [0.29, 0.717) is 49.4 Å². The van der Waals surface area contributed by atoms with Crippen LogP contribution in [0.3, 0.4) is 0 Å². The monoisotopic (exact) mass is 439 g/mol. The van der Waals surface area contributed by atoms with Crippen molar-refractivity contribution in [3.8, 4) is 0 Å². The molecule has 2 aliphatic rings. The van der Waals surface area contributed by atoms with E-state index in [0.717, 1.165) is 12.1 Å². The van der Waals surface area contributed by atoms with Crippen LogP contribution in [0.4, 0.5) is 0 Å². The molecule has 0 spiro atoms. The molecule has 1 saturated heterocycles. The Labute approximate surface area is 177 Å². The highest BCUT2D eigenvalue weighted by atomic mass is 32.2. The quantitative estimate of drug-likeness (QED) is 0.641. The Kier molecular flexibility index (Phi) is 6.41. The van der Waals surface area contributed by atoms with Gasteiger partial charge in [-0.15, -0.1) is 0 Å². The van der Waals surface area contributed by atoms with E-state index in [9.17, 15) is 8.42 Å². The average molecular weight is 440 g/mol. The number of aromatic nitrogens is 1. The van der Waals surface area contributed by atoms with Crippen LogP contribution in [0.1, 0.15) is 39.0 Å². The van der Waals surface area contributed by atoms with Crippen LogP contribution in [0, 0.1) is 4.84 Å². The zero-order valence-electron chi connectivity index (χ0n) is 16.9. The number of sulfonamides is 1. The van der Waals surface area contributed by atoms with E-state index >= 15 is 0 Å². The lowest BCUT2D eigenvalue weighted by atomic mass is 9.94. The van der Waals surface area contributed by atoms with Gasteiger partial charge < -0.3 is 9.15 Å². The van der Waals surface area contributed by atoms with Crippen molar-refractivity contribution in [2.24, 2.45) is 0 Å². The van der Waals surface area contributed by atoms with Crippen LogP contribution >= 0.6 is 12.2 Å². The predicted molar refractivity (Wildman–Crippen MR) is 114 cm³/mol. The van der Waals surface area contributed by atoms with Crippen LogP contribution in [0.2, 0.25) is 0 Å². The Bertz CT molecular complexity index is 1000. The van der Waals surface area contributed by atoms with Gasteiger partial charge >= 0.3 is 0 Å². The normalized spacial score (nSPS) is 19.9. The predicted octanol–water partition coefficient (Wildman–Crippen LogP) is 3.60. The van der Waals surface area contributed by atoms with Crippen molar-refractivity contribution < 1.29 is 17.6 Å². The van der Waals surface area contributed by atoms with Crippen molar-refractivity contribution in [1.82, 2.24) is 13.8 Å². The zero-order valence-corrected chi connectivity index (χ0v) is 18.5. The zero-order chi connectivity index (χ0) is 20.4. The molecule has 0 atom stereocenters. The van der Waals surface area contributed by atoms with Gasteiger partial charge in [0.1, 0.15) is 0 Å². The van der Waals surface area contributed by atoms with Crippen molar-refractivity contribution in [2.75, 3.05) is 32.8 Å². The first kappa shape index (κ1) is 21.0. The highest BCUT2D eigenvalue weighted by molar-refractivity contribution is 7.89. The molecule has 0 unspecified atom stereocenters. The summed E-state index contributed by atoms with van der Waals surface area (Å²) >= 11 is 5.48. The number of benzene rings is 1. The minimum absolute atomic E-state index is 0.275. The fraction of sp³-hybridized carbons (Fsp3) is 0.650. The van der Waals surface area contributed by atoms with E-state index in [-0.39, 0.29) is 4.90 Å². The van der Waals surface area contributed by atoms with Gasteiger partial charge in [0, 0.05) is 19.1 Å². The summed E-state index contributed by atoms with van der Waals surface area (Å²) < 4.78 is 40.6. The molecule has 160 valence electrons. The van der Waals surface area contributed by atoms with E-state index in [4.69, 9.17) is 21.4 Å². The van der Waals surface area contributed by atoms with Gasteiger partial charge in [-0.1, -0.05) is 26.2 Å². The number of hydrogen-bond donors (Lipinski definition) is 0. The van der Waals surface area contributed by atoms with E-state index in [2.05, 4.69) is 11.8 Å². The lowest BCUT2D eigenvalue weighted by Gasteiger charge is -2.33. The largest absolute Gasteiger partial charge is 0.429 e. The second-order valence-electron chi connectivity index (χ2n) is 7.78. The summed E-state index contributed by atoms with van der Waals surface area (Å²) in [4.78, 5) is 3.08. The molecular formula is C20H29N3O4S2. The molecule has 0 radical (unpaired) electrons. The molecule has 0 amide bonds. The van der Waals surface area contributed by atoms with Gasteiger partial charge in [-0.25, -0.2) is 8.42 Å². The summed E-state index contributed by atoms with van der Waals surface area (Å²) in [6.07, 6.45) is 6.24. The summed E-state index contributed by atoms with van der Waals surface area (Å²) in [6, 6.07) is 5.56. The Morgan fingerprint density at radius 2 is 1.90 bits per heavy atom. The molecule has 29 heavy (non-hydrogen) atoms. The molecule has 1 aliphatic heterocycles. The van der Waals surface area contributed by atoms with Gasteiger partial charge in [0.05, 0.1) is 30.3 Å². The summed E-state index contributed by atoms with van der Waals surface area (Å²) in [7, 11) is -3.56. The van der Waals surface area contributed by atoms with E-state index in [1.54, 1.807) is 18.2 Å². The maximum atomic E-state index is 13.1. The molecule has 2 aromatic rings.